The minimum Gasteiger partial charge on any atom is -0.493 e. The van der Waals surface area contributed by atoms with Gasteiger partial charge in [0, 0.05) is 10.2 Å². The van der Waals surface area contributed by atoms with E-state index in [-0.39, 0.29) is 18.0 Å². The summed E-state index contributed by atoms with van der Waals surface area (Å²) in [6.07, 6.45) is 1.48. The van der Waals surface area contributed by atoms with Crippen molar-refractivity contribution in [3.05, 3.63) is 91.2 Å². The lowest BCUT2D eigenvalue weighted by atomic mass is 10.1. The number of methoxy groups -OCH3 is 1. The van der Waals surface area contributed by atoms with E-state index in [1.165, 1.54) is 25.3 Å². The highest BCUT2D eigenvalue weighted by Gasteiger charge is 2.14. The molecule has 0 aromatic heterocycles. The predicted molar refractivity (Wildman–Crippen MR) is 133 cm³/mol. The summed E-state index contributed by atoms with van der Waals surface area (Å²) < 4.78 is 26.3. The predicted octanol–water partition coefficient (Wildman–Crippen LogP) is 6.33. The van der Waals surface area contributed by atoms with E-state index in [1.807, 2.05) is 6.07 Å². The van der Waals surface area contributed by atoms with Gasteiger partial charge in [-0.15, -0.1) is 0 Å². The van der Waals surface area contributed by atoms with E-state index in [1.54, 1.807) is 48.5 Å². The van der Waals surface area contributed by atoms with Gasteiger partial charge in [-0.05, 0) is 88.3 Å². The van der Waals surface area contributed by atoms with Crippen LogP contribution in [-0.4, -0.2) is 13.0 Å². The van der Waals surface area contributed by atoms with Crippen molar-refractivity contribution in [1.29, 1.82) is 5.26 Å². The van der Waals surface area contributed by atoms with Crippen molar-refractivity contribution in [2.75, 3.05) is 12.4 Å². The molecule has 0 atom stereocenters. The fourth-order valence-electron chi connectivity index (χ4n) is 2.79. The zero-order chi connectivity index (χ0) is 23.1. The Labute approximate surface area is 207 Å². The Bertz CT molecular complexity index is 1210. The van der Waals surface area contributed by atoms with Gasteiger partial charge in [0.2, 0.25) is 0 Å². The third-order valence-electron chi connectivity index (χ3n) is 4.30. The third kappa shape index (κ3) is 6.31. The van der Waals surface area contributed by atoms with Gasteiger partial charge in [0.25, 0.3) is 5.91 Å². The number of hydrogen-bond donors (Lipinski definition) is 1. The van der Waals surface area contributed by atoms with Gasteiger partial charge >= 0.3 is 0 Å². The summed E-state index contributed by atoms with van der Waals surface area (Å²) in [7, 11) is 1.50. The molecule has 0 bridgehead atoms. The van der Waals surface area contributed by atoms with Crippen LogP contribution in [0.4, 0.5) is 10.1 Å². The Morgan fingerprint density at radius 3 is 2.62 bits per heavy atom. The first kappa shape index (κ1) is 23.8. The van der Waals surface area contributed by atoms with Gasteiger partial charge in [-0.1, -0.05) is 28.1 Å². The second-order valence-electron chi connectivity index (χ2n) is 6.58. The first-order valence-electron chi connectivity index (χ1n) is 9.33. The van der Waals surface area contributed by atoms with E-state index in [0.717, 1.165) is 8.04 Å². The average molecular weight is 607 g/mol. The van der Waals surface area contributed by atoms with Crippen LogP contribution in [0.1, 0.15) is 11.1 Å². The molecular formula is C24H17BrFIN2O3. The quantitative estimate of drug-likeness (QED) is 0.194. The van der Waals surface area contributed by atoms with Crippen molar-refractivity contribution in [2.24, 2.45) is 0 Å². The number of nitrogens with zero attached hydrogens (tertiary/aromatic N) is 1. The molecule has 1 amide bonds. The Kier molecular flexibility index (Phi) is 8.25. The first-order chi connectivity index (χ1) is 15.4. The van der Waals surface area contributed by atoms with Gasteiger partial charge in [0.05, 0.1) is 10.7 Å². The fourth-order valence-corrected chi connectivity index (χ4v) is 3.84. The number of hydrogen-bond acceptors (Lipinski definition) is 4. The maximum Gasteiger partial charge on any atom is 0.266 e. The van der Waals surface area contributed by atoms with Crippen molar-refractivity contribution in [3.8, 4) is 17.6 Å². The minimum atomic E-state index is -0.518. The van der Waals surface area contributed by atoms with Crippen LogP contribution in [0.25, 0.3) is 6.08 Å². The number of carbonyl (C=O) groups is 1. The summed E-state index contributed by atoms with van der Waals surface area (Å²) in [5.41, 5.74) is 1.81. The molecule has 32 heavy (non-hydrogen) atoms. The molecule has 3 rings (SSSR count). The Hall–Kier alpha value is -2.90. The molecule has 0 aliphatic rings. The maximum absolute atomic E-state index is 13.4. The number of ether oxygens (including phenoxy) is 2. The second kappa shape index (κ2) is 11.1. The number of nitriles is 1. The number of halogens is 3. The summed E-state index contributed by atoms with van der Waals surface area (Å²) in [5, 5.41) is 12.2. The van der Waals surface area contributed by atoms with E-state index in [9.17, 15) is 14.4 Å². The molecule has 0 unspecified atom stereocenters. The summed E-state index contributed by atoms with van der Waals surface area (Å²) in [6.45, 7) is 0.165. The zero-order valence-electron chi connectivity index (χ0n) is 16.9. The van der Waals surface area contributed by atoms with E-state index in [0.29, 0.717) is 28.3 Å². The smallest absolute Gasteiger partial charge is 0.266 e. The van der Waals surface area contributed by atoms with E-state index in [2.05, 4.69) is 43.8 Å². The van der Waals surface area contributed by atoms with Crippen LogP contribution in [-0.2, 0) is 11.4 Å². The van der Waals surface area contributed by atoms with Gasteiger partial charge in [0.15, 0.2) is 11.5 Å². The molecule has 0 aliphatic heterocycles. The minimum absolute atomic E-state index is 0.0563. The molecule has 5 nitrogen and oxygen atoms in total. The topological polar surface area (TPSA) is 71.3 Å². The van der Waals surface area contributed by atoms with Crippen molar-refractivity contribution >= 4 is 56.2 Å². The number of anilines is 1. The Morgan fingerprint density at radius 2 is 1.97 bits per heavy atom. The molecular weight excluding hydrogens is 590 g/mol. The maximum atomic E-state index is 13.4. The molecule has 3 aromatic rings. The highest BCUT2D eigenvalue weighted by atomic mass is 127. The van der Waals surface area contributed by atoms with Gasteiger partial charge in [-0.2, -0.15) is 5.26 Å². The van der Waals surface area contributed by atoms with Crippen molar-refractivity contribution in [1.82, 2.24) is 0 Å². The molecule has 1 N–H and O–H groups in total. The Morgan fingerprint density at radius 1 is 1.22 bits per heavy atom. The Balaban J connectivity index is 1.81. The standard InChI is InChI=1S/C24H17BrFIN2O3/c1-31-22-12-16(9-17(13-28)24(30)29-20-7-5-18(25)6-8-20)11-21(27)23(22)32-14-15-3-2-4-19(26)10-15/h2-12H,14H2,1H3,(H,29,30)/b17-9-. The molecule has 162 valence electrons. The van der Waals surface area contributed by atoms with E-state index >= 15 is 0 Å². The van der Waals surface area contributed by atoms with E-state index in [4.69, 9.17) is 9.47 Å². The van der Waals surface area contributed by atoms with Crippen LogP contribution in [0.3, 0.4) is 0 Å². The lowest BCUT2D eigenvalue weighted by molar-refractivity contribution is -0.112. The van der Waals surface area contributed by atoms with Crippen LogP contribution in [0, 0.1) is 20.7 Å². The SMILES string of the molecule is COc1cc(/C=C(/C#N)C(=O)Nc2ccc(Br)cc2)cc(I)c1OCc1cccc(F)c1. The number of nitrogens with one attached hydrogen (secondary N) is 1. The molecule has 0 spiro atoms. The summed E-state index contributed by atoms with van der Waals surface area (Å²) >= 11 is 5.42. The largest absolute Gasteiger partial charge is 0.493 e. The molecule has 8 heteroatoms. The molecule has 0 heterocycles. The summed E-state index contributed by atoms with van der Waals surface area (Å²) in [5.74, 6) is 0.0754. The molecule has 0 saturated heterocycles. The zero-order valence-corrected chi connectivity index (χ0v) is 20.6. The first-order valence-corrected chi connectivity index (χ1v) is 11.2. The van der Waals surface area contributed by atoms with Crippen molar-refractivity contribution in [3.63, 3.8) is 0 Å². The fraction of sp³-hybridized carbons (Fsp3) is 0.0833. The lowest BCUT2D eigenvalue weighted by Gasteiger charge is -2.14. The number of benzene rings is 3. The van der Waals surface area contributed by atoms with Gasteiger partial charge in [-0.3, -0.25) is 4.79 Å². The molecule has 3 aromatic carbocycles. The van der Waals surface area contributed by atoms with Crippen LogP contribution in [0.5, 0.6) is 11.5 Å². The second-order valence-corrected chi connectivity index (χ2v) is 8.66. The average Bonchev–Trinajstić information content (AvgIpc) is 2.77. The molecule has 0 radical (unpaired) electrons. The number of carbonyl (C=O) groups excluding carboxylic acids is 1. The number of rotatable bonds is 7. The summed E-state index contributed by atoms with van der Waals surface area (Å²) in [4.78, 5) is 12.5. The molecule has 0 fully saturated rings. The van der Waals surface area contributed by atoms with Gasteiger partial charge in [0.1, 0.15) is 24.1 Å². The van der Waals surface area contributed by atoms with Crippen LogP contribution >= 0.6 is 38.5 Å². The van der Waals surface area contributed by atoms with Crippen LogP contribution < -0.4 is 14.8 Å². The van der Waals surface area contributed by atoms with Crippen molar-refractivity contribution < 1.29 is 18.7 Å². The highest BCUT2D eigenvalue weighted by Crippen LogP contribution is 2.35. The molecule has 0 saturated carbocycles. The monoisotopic (exact) mass is 606 g/mol. The number of amides is 1. The molecule has 0 aliphatic carbocycles. The lowest BCUT2D eigenvalue weighted by Crippen LogP contribution is -2.13. The van der Waals surface area contributed by atoms with Gasteiger partial charge in [-0.25, -0.2) is 4.39 Å². The van der Waals surface area contributed by atoms with E-state index < -0.39 is 5.91 Å². The summed E-state index contributed by atoms with van der Waals surface area (Å²) in [6, 6.07) is 18.6. The van der Waals surface area contributed by atoms with Crippen LogP contribution in [0.2, 0.25) is 0 Å². The normalized spacial score (nSPS) is 10.9. The van der Waals surface area contributed by atoms with Crippen LogP contribution in [0.15, 0.2) is 70.7 Å². The van der Waals surface area contributed by atoms with Crippen molar-refractivity contribution in [2.45, 2.75) is 6.61 Å². The van der Waals surface area contributed by atoms with Gasteiger partial charge < -0.3 is 14.8 Å². The highest BCUT2D eigenvalue weighted by molar-refractivity contribution is 14.1. The third-order valence-corrected chi connectivity index (χ3v) is 5.63.